The van der Waals surface area contributed by atoms with E-state index in [1.807, 2.05) is 6.92 Å². The Balaban J connectivity index is 1.05. The van der Waals surface area contributed by atoms with E-state index in [-0.39, 0.29) is 36.4 Å². The van der Waals surface area contributed by atoms with Crippen molar-refractivity contribution in [3.63, 3.8) is 0 Å². The second-order valence-electron chi connectivity index (χ2n) is 11.2. The predicted molar refractivity (Wildman–Crippen MR) is 155 cm³/mol. The van der Waals surface area contributed by atoms with Crippen molar-refractivity contribution in [2.75, 3.05) is 38.1 Å². The van der Waals surface area contributed by atoms with Crippen LogP contribution in [0.5, 0.6) is 0 Å². The number of halogens is 6. The number of carbonyl (C=O) groups is 1. The zero-order chi connectivity index (χ0) is 32.5. The molecule has 0 bridgehead atoms. The van der Waals surface area contributed by atoms with Gasteiger partial charge in [-0.05, 0) is 62.9 Å². The van der Waals surface area contributed by atoms with Gasteiger partial charge in [0.15, 0.2) is 0 Å². The van der Waals surface area contributed by atoms with Gasteiger partial charge in [-0.25, -0.2) is 4.98 Å². The first-order valence-corrected chi connectivity index (χ1v) is 15.2. The van der Waals surface area contributed by atoms with Gasteiger partial charge in [-0.1, -0.05) is 0 Å². The Hall–Kier alpha value is -3.50. The second kappa shape index (κ2) is 13.1. The first-order valence-electron chi connectivity index (χ1n) is 14.4. The summed E-state index contributed by atoms with van der Waals surface area (Å²) in [4.78, 5) is 31.1. The summed E-state index contributed by atoms with van der Waals surface area (Å²) < 4.78 is 85.6. The number of alkyl halides is 6. The van der Waals surface area contributed by atoms with Crippen molar-refractivity contribution in [1.29, 1.82) is 0 Å². The number of benzene rings is 2. The number of anilines is 1. The van der Waals surface area contributed by atoms with Crippen LogP contribution in [-0.4, -0.2) is 70.5 Å². The molecular formula is C29H31F6N5O4S. The number of fused-ring (bicyclic) bond motifs is 1. The molecule has 1 aliphatic carbocycles. The van der Waals surface area contributed by atoms with Gasteiger partial charge in [0, 0.05) is 44.0 Å². The zero-order valence-electron chi connectivity index (χ0n) is 24.2. The number of amides is 1. The van der Waals surface area contributed by atoms with E-state index in [1.165, 1.54) is 23.5 Å². The van der Waals surface area contributed by atoms with Gasteiger partial charge < -0.3 is 15.0 Å². The van der Waals surface area contributed by atoms with Gasteiger partial charge in [-0.15, -0.1) is 11.3 Å². The summed E-state index contributed by atoms with van der Waals surface area (Å²) in [6, 6.07) is 6.17. The van der Waals surface area contributed by atoms with E-state index in [1.54, 1.807) is 4.90 Å². The number of thiazole rings is 1. The summed E-state index contributed by atoms with van der Waals surface area (Å²) in [6.07, 6.45) is -7.07. The third kappa shape index (κ3) is 7.84. The van der Waals surface area contributed by atoms with Crippen LogP contribution in [0.25, 0.3) is 10.2 Å². The molecule has 244 valence electrons. The fourth-order valence-electron chi connectivity index (χ4n) is 5.72. The topological polar surface area (TPSA) is 101 Å². The van der Waals surface area contributed by atoms with E-state index < -0.39 is 34.1 Å². The summed E-state index contributed by atoms with van der Waals surface area (Å²) >= 11 is 1.36. The number of ether oxygens (including phenoxy) is 1. The molecule has 45 heavy (non-hydrogen) atoms. The molecule has 2 heterocycles. The monoisotopic (exact) mass is 659 g/mol. The van der Waals surface area contributed by atoms with Crippen LogP contribution >= 0.6 is 11.3 Å². The number of nitrogens with zero attached hydrogens (tertiary/aromatic N) is 4. The Labute approximate surface area is 258 Å². The number of rotatable bonds is 8. The minimum atomic E-state index is -4.85. The highest BCUT2D eigenvalue weighted by atomic mass is 32.1. The number of carbonyl (C=O) groups excluding carboxylic acids is 1. The van der Waals surface area contributed by atoms with Crippen LogP contribution in [0.15, 0.2) is 36.4 Å². The third-order valence-electron chi connectivity index (χ3n) is 8.29. The van der Waals surface area contributed by atoms with E-state index in [2.05, 4.69) is 15.2 Å². The van der Waals surface area contributed by atoms with Crippen LogP contribution in [-0.2, 0) is 21.9 Å². The number of hydrogen-bond donors (Lipinski definition) is 1. The highest BCUT2D eigenvalue weighted by Crippen LogP contribution is 2.38. The van der Waals surface area contributed by atoms with Crippen molar-refractivity contribution < 1.29 is 40.8 Å². The van der Waals surface area contributed by atoms with Gasteiger partial charge in [0.25, 0.3) is 5.69 Å². The molecule has 1 saturated carbocycles. The van der Waals surface area contributed by atoms with E-state index in [4.69, 9.17) is 4.74 Å². The van der Waals surface area contributed by atoms with Crippen LogP contribution in [0.3, 0.4) is 0 Å². The maximum Gasteiger partial charge on any atom is 0.423 e. The smallest absolute Gasteiger partial charge is 0.382 e. The first kappa shape index (κ1) is 32.9. The average Bonchev–Trinajstić information content (AvgIpc) is 3.43. The normalized spacial score (nSPS) is 20.7. The van der Waals surface area contributed by atoms with Gasteiger partial charge in [0.1, 0.15) is 17.2 Å². The lowest BCUT2D eigenvalue weighted by molar-refractivity contribution is -0.388. The van der Waals surface area contributed by atoms with Crippen LogP contribution in [0.1, 0.15) is 54.8 Å². The molecule has 5 rings (SSSR count). The Bertz CT molecular complexity index is 1530. The minimum Gasteiger partial charge on any atom is -0.382 e. The molecule has 16 heteroatoms. The maximum absolute atomic E-state index is 13.3. The minimum absolute atomic E-state index is 0.0883. The number of nitrogens with one attached hydrogen (secondary N) is 1. The summed E-state index contributed by atoms with van der Waals surface area (Å²) in [6.45, 7) is 3.96. The molecule has 2 aromatic carbocycles. The first-order chi connectivity index (χ1) is 21.2. The Morgan fingerprint density at radius 2 is 1.73 bits per heavy atom. The second-order valence-corrected chi connectivity index (χ2v) is 12.3. The number of hydrogen-bond acceptors (Lipinski definition) is 8. The molecule has 1 saturated heterocycles. The van der Waals surface area contributed by atoms with Crippen molar-refractivity contribution in [1.82, 2.24) is 14.8 Å². The number of aromatic nitrogens is 1. The molecular weight excluding hydrogens is 628 g/mol. The van der Waals surface area contributed by atoms with Crippen molar-refractivity contribution in [3.05, 3.63) is 62.6 Å². The van der Waals surface area contributed by atoms with Gasteiger partial charge in [0.2, 0.25) is 5.91 Å². The standard InChI is InChI=1S/C29H31F6N5O4S/c1-17(27-37-23-14-18(28(30,31)32)2-9-25(23)45-27)38-10-12-39(13-11-38)26(41)16-44-21-6-3-19(4-7-21)36-20-5-8-24(40(42)43)22(15-20)29(33,34)35/h2,5,8-9,14-15,17,19,21,36H,3-4,6-7,10-13,16H2,1H3/t17?,19-,21-. The number of nitro benzene ring substituents is 1. The van der Waals surface area contributed by atoms with Crippen LogP contribution < -0.4 is 5.32 Å². The lowest BCUT2D eigenvalue weighted by Gasteiger charge is -2.37. The van der Waals surface area contributed by atoms with E-state index in [0.29, 0.717) is 67.1 Å². The molecule has 1 amide bonds. The molecule has 1 aromatic heterocycles. The summed E-state index contributed by atoms with van der Waals surface area (Å²) in [5, 5.41) is 14.7. The highest BCUT2D eigenvalue weighted by Gasteiger charge is 2.39. The molecule has 2 fully saturated rings. The average molecular weight is 660 g/mol. The number of nitro groups is 1. The van der Waals surface area contributed by atoms with Crippen molar-refractivity contribution in [2.24, 2.45) is 0 Å². The van der Waals surface area contributed by atoms with Gasteiger partial charge >= 0.3 is 12.4 Å². The molecule has 1 unspecified atom stereocenters. The fraction of sp³-hybridized carbons (Fsp3) is 0.517. The van der Waals surface area contributed by atoms with Crippen molar-refractivity contribution >= 4 is 38.8 Å². The van der Waals surface area contributed by atoms with Crippen LogP contribution in [0.4, 0.5) is 37.7 Å². The maximum atomic E-state index is 13.3. The molecule has 1 aliphatic heterocycles. The fourth-order valence-corrected chi connectivity index (χ4v) is 6.75. The van der Waals surface area contributed by atoms with Crippen LogP contribution in [0.2, 0.25) is 0 Å². The lowest BCUT2D eigenvalue weighted by atomic mass is 9.92. The third-order valence-corrected chi connectivity index (χ3v) is 9.50. The quantitative estimate of drug-likeness (QED) is 0.160. The molecule has 1 atom stereocenters. The Kier molecular flexibility index (Phi) is 9.56. The molecule has 2 aliphatic rings. The van der Waals surface area contributed by atoms with E-state index in [0.717, 1.165) is 24.3 Å². The Morgan fingerprint density at radius 1 is 1.04 bits per heavy atom. The van der Waals surface area contributed by atoms with Crippen molar-refractivity contribution in [2.45, 2.75) is 63.1 Å². The SMILES string of the molecule is CC(c1nc2cc(C(F)(F)F)ccc2s1)N1CCN(C(=O)CO[C@H]2CC[C@H](Nc3ccc([N+](=O)[O-])c(C(F)(F)F)c3)CC2)CC1. The summed E-state index contributed by atoms with van der Waals surface area (Å²) in [5.74, 6) is -0.146. The highest BCUT2D eigenvalue weighted by molar-refractivity contribution is 7.18. The molecule has 0 radical (unpaired) electrons. The van der Waals surface area contributed by atoms with Crippen molar-refractivity contribution in [3.8, 4) is 0 Å². The lowest BCUT2D eigenvalue weighted by Crippen LogP contribution is -2.50. The molecule has 0 spiro atoms. The zero-order valence-corrected chi connectivity index (χ0v) is 25.0. The summed E-state index contributed by atoms with van der Waals surface area (Å²) in [5.41, 5.74) is -2.56. The largest absolute Gasteiger partial charge is 0.423 e. The van der Waals surface area contributed by atoms with Crippen LogP contribution in [0, 0.1) is 10.1 Å². The predicted octanol–water partition coefficient (Wildman–Crippen LogP) is 6.89. The molecule has 3 aromatic rings. The van der Waals surface area contributed by atoms with E-state index in [9.17, 15) is 41.3 Å². The van der Waals surface area contributed by atoms with Gasteiger partial charge in [0.05, 0.1) is 32.8 Å². The summed E-state index contributed by atoms with van der Waals surface area (Å²) in [7, 11) is 0. The van der Waals surface area contributed by atoms with Gasteiger partial charge in [-0.3, -0.25) is 19.8 Å². The Morgan fingerprint density at radius 3 is 2.36 bits per heavy atom. The van der Waals surface area contributed by atoms with Gasteiger partial charge in [-0.2, -0.15) is 26.3 Å². The molecule has 1 N–H and O–H groups in total. The van der Waals surface area contributed by atoms with E-state index >= 15 is 0 Å². The molecule has 9 nitrogen and oxygen atoms in total. The number of piperazine rings is 1.